The van der Waals surface area contributed by atoms with E-state index in [1.54, 1.807) is 0 Å². The molecule has 0 spiro atoms. The number of rotatable bonds is 3. The van der Waals surface area contributed by atoms with Crippen LogP contribution < -0.4 is 10.5 Å². The number of alkyl halides is 6. The average molecular weight is 304 g/mol. The molecule has 3 N–H and O–H groups in total. The fourth-order valence-corrected chi connectivity index (χ4v) is 1.41. The van der Waals surface area contributed by atoms with E-state index in [0.717, 1.165) is 0 Å². The molecule has 5 nitrogen and oxygen atoms in total. The van der Waals surface area contributed by atoms with Gasteiger partial charge in [0.05, 0.1) is 17.5 Å². The second-order valence-corrected chi connectivity index (χ2v) is 3.37. The summed E-state index contributed by atoms with van der Waals surface area (Å²) in [6.45, 7) is -0.804. The minimum atomic E-state index is -5.36. The van der Waals surface area contributed by atoms with Crippen molar-refractivity contribution in [3.05, 3.63) is 23.0 Å². The van der Waals surface area contributed by atoms with Crippen molar-refractivity contribution >= 4 is 5.97 Å². The third-order valence-electron chi connectivity index (χ3n) is 2.04. The zero-order chi connectivity index (χ0) is 15.7. The molecule has 0 amide bonds. The molecule has 11 heteroatoms. The lowest BCUT2D eigenvalue weighted by atomic mass is 10.0. The van der Waals surface area contributed by atoms with E-state index in [0.29, 0.717) is 0 Å². The first-order chi connectivity index (χ1) is 8.97. The van der Waals surface area contributed by atoms with Crippen molar-refractivity contribution in [3.63, 3.8) is 0 Å². The predicted molar refractivity (Wildman–Crippen MR) is 50.8 cm³/mol. The van der Waals surface area contributed by atoms with Crippen LogP contribution in [0, 0.1) is 0 Å². The minimum Gasteiger partial charge on any atom is -0.478 e. The van der Waals surface area contributed by atoms with Crippen molar-refractivity contribution in [2.45, 2.75) is 19.1 Å². The lowest BCUT2D eigenvalue weighted by Crippen LogP contribution is -2.24. The molecule has 1 aromatic rings. The van der Waals surface area contributed by atoms with E-state index in [1.165, 1.54) is 0 Å². The van der Waals surface area contributed by atoms with Gasteiger partial charge in [0.2, 0.25) is 0 Å². The van der Waals surface area contributed by atoms with Crippen molar-refractivity contribution < 1.29 is 41.0 Å². The van der Waals surface area contributed by atoms with Crippen molar-refractivity contribution in [1.82, 2.24) is 4.98 Å². The van der Waals surface area contributed by atoms with Crippen LogP contribution in [0.2, 0.25) is 0 Å². The molecule has 0 saturated heterocycles. The zero-order valence-electron chi connectivity index (χ0n) is 9.34. The maximum absolute atomic E-state index is 12.8. The number of pyridine rings is 1. The normalized spacial score (nSPS) is 12.3. The second-order valence-electron chi connectivity index (χ2n) is 3.37. The van der Waals surface area contributed by atoms with Crippen molar-refractivity contribution in [3.8, 4) is 5.75 Å². The van der Waals surface area contributed by atoms with E-state index in [1.807, 2.05) is 0 Å². The zero-order valence-corrected chi connectivity index (χ0v) is 9.34. The Morgan fingerprint density at radius 3 is 2.20 bits per heavy atom. The van der Waals surface area contributed by atoms with E-state index in [9.17, 15) is 31.1 Å². The van der Waals surface area contributed by atoms with Gasteiger partial charge in [-0.2, -0.15) is 13.2 Å². The molecular weight excluding hydrogens is 298 g/mol. The van der Waals surface area contributed by atoms with Gasteiger partial charge in [0.1, 0.15) is 5.56 Å². The van der Waals surface area contributed by atoms with Crippen LogP contribution in [0.4, 0.5) is 26.3 Å². The molecule has 0 aliphatic heterocycles. The molecular formula is C9H6F6N2O3. The lowest BCUT2D eigenvalue weighted by molar-refractivity contribution is -0.275. The van der Waals surface area contributed by atoms with E-state index >= 15 is 0 Å². The number of aromatic carboxylic acids is 1. The highest BCUT2D eigenvalue weighted by Gasteiger charge is 2.42. The summed E-state index contributed by atoms with van der Waals surface area (Å²) in [5.41, 5.74) is 0.521. The van der Waals surface area contributed by atoms with Crippen LogP contribution in [-0.4, -0.2) is 22.4 Å². The first kappa shape index (κ1) is 16.0. The Labute approximate surface area is 107 Å². The van der Waals surface area contributed by atoms with E-state index in [-0.39, 0.29) is 6.20 Å². The maximum Gasteiger partial charge on any atom is 0.573 e. The van der Waals surface area contributed by atoms with Crippen LogP contribution in [0.1, 0.15) is 21.6 Å². The summed E-state index contributed by atoms with van der Waals surface area (Å²) < 4.78 is 77.7. The Morgan fingerprint density at radius 1 is 1.30 bits per heavy atom. The van der Waals surface area contributed by atoms with Gasteiger partial charge in [0.15, 0.2) is 5.75 Å². The first-order valence-corrected chi connectivity index (χ1v) is 4.75. The molecule has 0 radical (unpaired) electrons. The molecule has 0 fully saturated rings. The highest BCUT2D eigenvalue weighted by Crippen LogP contribution is 2.39. The summed E-state index contributed by atoms with van der Waals surface area (Å²) in [5.74, 6) is -3.80. The van der Waals surface area contributed by atoms with E-state index in [4.69, 9.17) is 10.8 Å². The number of carbonyl (C=O) groups is 1. The van der Waals surface area contributed by atoms with Crippen LogP contribution in [0.5, 0.6) is 5.75 Å². The van der Waals surface area contributed by atoms with Crippen LogP contribution in [-0.2, 0) is 12.7 Å². The number of hydrogen-bond donors (Lipinski definition) is 2. The standard InChI is InChI=1S/C9H6F6N2O3/c10-8(11,12)6-3(1-16)17-2-4(5(6)7(18)19)20-9(13,14)15/h2H,1,16H2,(H,18,19). The second kappa shape index (κ2) is 5.15. The molecule has 1 rings (SSSR count). The molecule has 1 heterocycles. The molecule has 0 unspecified atom stereocenters. The molecule has 0 aliphatic rings. The number of carboxylic acid groups (broad SMARTS) is 1. The molecule has 0 aliphatic carbocycles. The molecule has 112 valence electrons. The molecule has 0 aromatic carbocycles. The summed E-state index contributed by atoms with van der Waals surface area (Å²) >= 11 is 0. The monoisotopic (exact) mass is 304 g/mol. The Balaban J connectivity index is 3.61. The highest BCUT2D eigenvalue weighted by atomic mass is 19.4. The third kappa shape index (κ3) is 3.50. The number of ether oxygens (including phenoxy) is 1. The van der Waals surface area contributed by atoms with Crippen LogP contribution >= 0.6 is 0 Å². The summed E-state index contributed by atoms with van der Waals surface area (Å²) in [7, 11) is 0. The number of nitrogens with zero attached hydrogens (tertiary/aromatic N) is 1. The average Bonchev–Trinajstić information content (AvgIpc) is 2.24. The van der Waals surface area contributed by atoms with Gasteiger partial charge in [-0.25, -0.2) is 4.79 Å². The van der Waals surface area contributed by atoms with Gasteiger partial charge >= 0.3 is 18.5 Å². The van der Waals surface area contributed by atoms with E-state index in [2.05, 4.69) is 9.72 Å². The van der Waals surface area contributed by atoms with Gasteiger partial charge in [-0.1, -0.05) is 0 Å². The number of nitrogens with two attached hydrogens (primary N) is 1. The number of hydrogen-bond acceptors (Lipinski definition) is 4. The fraction of sp³-hybridized carbons (Fsp3) is 0.333. The van der Waals surface area contributed by atoms with E-state index < -0.39 is 47.6 Å². The summed E-state index contributed by atoms with van der Waals surface area (Å²) in [6, 6.07) is 0. The summed E-state index contributed by atoms with van der Waals surface area (Å²) in [6.07, 6.45) is -10.4. The van der Waals surface area contributed by atoms with Gasteiger partial charge in [-0.15, -0.1) is 13.2 Å². The lowest BCUT2D eigenvalue weighted by Gasteiger charge is -2.17. The van der Waals surface area contributed by atoms with Gasteiger partial charge < -0.3 is 15.6 Å². The van der Waals surface area contributed by atoms with Gasteiger partial charge in [0.25, 0.3) is 0 Å². The maximum atomic E-state index is 12.8. The molecule has 20 heavy (non-hydrogen) atoms. The van der Waals surface area contributed by atoms with Gasteiger partial charge in [0, 0.05) is 6.54 Å². The fourth-order valence-electron chi connectivity index (χ4n) is 1.41. The van der Waals surface area contributed by atoms with Crippen molar-refractivity contribution in [1.29, 1.82) is 0 Å². The topological polar surface area (TPSA) is 85.4 Å². The van der Waals surface area contributed by atoms with Crippen LogP contribution in [0.15, 0.2) is 6.20 Å². The number of carboxylic acids is 1. The molecule has 0 bridgehead atoms. The largest absolute Gasteiger partial charge is 0.573 e. The quantitative estimate of drug-likeness (QED) is 0.836. The molecule has 0 saturated carbocycles. The Kier molecular flexibility index (Phi) is 4.12. The smallest absolute Gasteiger partial charge is 0.478 e. The summed E-state index contributed by atoms with van der Waals surface area (Å²) in [5, 5.41) is 8.71. The molecule has 0 atom stereocenters. The highest BCUT2D eigenvalue weighted by molar-refractivity contribution is 5.93. The number of halogens is 6. The van der Waals surface area contributed by atoms with Crippen LogP contribution in [0.25, 0.3) is 0 Å². The van der Waals surface area contributed by atoms with Gasteiger partial charge in [-0.3, -0.25) is 4.98 Å². The minimum absolute atomic E-state index is 0.231. The SMILES string of the molecule is NCc1ncc(OC(F)(F)F)c(C(=O)O)c1C(F)(F)F. The van der Waals surface area contributed by atoms with Crippen molar-refractivity contribution in [2.24, 2.45) is 5.73 Å². The summed E-state index contributed by atoms with van der Waals surface area (Å²) in [4.78, 5) is 13.9. The Hall–Kier alpha value is -2.04. The van der Waals surface area contributed by atoms with Crippen molar-refractivity contribution in [2.75, 3.05) is 0 Å². The Bertz CT molecular complexity index is 526. The first-order valence-electron chi connectivity index (χ1n) is 4.75. The third-order valence-corrected chi connectivity index (χ3v) is 2.04. The van der Waals surface area contributed by atoms with Gasteiger partial charge in [-0.05, 0) is 0 Å². The predicted octanol–water partition coefficient (Wildman–Crippen LogP) is 2.16. The molecule has 1 aromatic heterocycles. The van der Waals surface area contributed by atoms with Crippen LogP contribution in [0.3, 0.4) is 0 Å². The Morgan fingerprint density at radius 2 is 1.85 bits per heavy atom. The number of aromatic nitrogens is 1.